The van der Waals surface area contributed by atoms with Crippen LogP contribution in [0.5, 0.6) is 0 Å². The number of aryl methyl sites for hydroxylation is 2. The van der Waals surface area contributed by atoms with Gasteiger partial charge in [-0.2, -0.15) is 0 Å². The van der Waals surface area contributed by atoms with Crippen LogP contribution in [0.3, 0.4) is 0 Å². The zero-order chi connectivity index (χ0) is 12.0. The maximum Gasteiger partial charge on any atom is 0.128 e. The predicted octanol–water partition coefficient (Wildman–Crippen LogP) is 1.64. The Labute approximate surface area is 97.5 Å². The number of nitrogens with one attached hydrogen (secondary N) is 1. The molecule has 4 heteroatoms. The van der Waals surface area contributed by atoms with Crippen LogP contribution in [0.1, 0.15) is 36.5 Å². The van der Waals surface area contributed by atoms with Gasteiger partial charge in [0.2, 0.25) is 0 Å². The lowest BCUT2D eigenvalue weighted by Crippen LogP contribution is -2.15. The summed E-state index contributed by atoms with van der Waals surface area (Å²) in [6.07, 6.45) is 3.77. The lowest BCUT2D eigenvalue weighted by atomic mass is 10.1. The number of hydrogen-bond acceptors (Lipinski definition) is 4. The molecule has 1 atom stereocenters. The fourth-order valence-corrected chi connectivity index (χ4v) is 1.60. The van der Waals surface area contributed by atoms with Crippen LogP contribution in [0.2, 0.25) is 0 Å². The first-order valence-electron chi connectivity index (χ1n) is 5.67. The lowest BCUT2D eigenvalue weighted by Gasteiger charge is -2.13. The molecular weight excluding hydrogens is 202 g/mol. The van der Waals surface area contributed by atoms with Gasteiger partial charge in [-0.1, -0.05) is 0 Å². The molecule has 0 aliphatic carbocycles. The molecule has 1 rings (SSSR count). The van der Waals surface area contributed by atoms with Crippen LogP contribution in [-0.4, -0.2) is 30.7 Å². The summed E-state index contributed by atoms with van der Waals surface area (Å²) in [5.41, 5.74) is 2.22. The van der Waals surface area contributed by atoms with Gasteiger partial charge < -0.3 is 10.1 Å². The molecule has 1 aromatic heterocycles. The summed E-state index contributed by atoms with van der Waals surface area (Å²) in [6, 6.07) is 0.299. The van der Waals surface area contributed by atoms with Gasteiger partial charge in [-0.05, 0) is 27.3 Å². The Bertz CT molecular complexity index is 328. The highest BCUT2D eigenvalue weighted by molar-refractivity contribution is 5.19. The van der Waals surface area contributed by atoms with Crippen molar-refractivity contribution in [3.63, 3.8) is 0 Å². The Morgan fingerprint density at radius 2 is 2.25 bits per heavy atom. The molecule has 1 unspecified atom stereocenters. The molecular formula is C12H21N3O. The molecule has 0 aliphatic heterocycles. The van der Waals surface area contributed by atoms with Crippen molar-refractivity contribution in [1.29, 1.82) is 0 Å². The number of rotatable bonds is 6. The number of nitrogens with zero attached hydrogens (tertiary/aromatic N) is 2. The summed E-state index contributed by atoms with van der Waals surface area (Å²) in [5.74, 6) is 0.904. The fourth-order valence-electron chi connectivity index (χ4n) is 1.60. The van der Waals surface area contributed by atoms with Crippen LogP contribution in [0.4, 0.5) is 0 Å². The lowest BCUT2D eigenvalue weighted by molar-refractivity contribution is 0.194. The van der Waals surface area contributed by atoms with Gasteiger partial charge in [0.25, 0.3) is 0 Å². The van der Waals surface area contributed by atoms with Crippen molar-refractivity contribution in [3.8, 4) is 0 Å². The first-order chi connectivity index (χ1) is 7.69. The second-order valence-electron chi connectivity index (χ2n) is 3.93. The average Bonchev–Trinajstić information content (AvgIpc) is 2.29. The molecule has 1 heterocycles. The van der Waals surface area contributed by atoms with Crippen molar-refractivity contribution < 1.29 is 4.74 Å². The zero-order valence-electron chi connectivity index (χ0n) is 10.6. The minimum absolute atomic E-state index is 0.299. The van der Waals surface area contributed by atoms with E-state index >= 15 is 0 Å². The Hall–Kier alpha value is -1.00. The van der Waals surface area contributed by atoms with E-state index in [0.717, 1.165) is 36.5 Å². The maximum absolute atomic E-state index is 5.01. The van der Waals surface area contributed by atoms with Crippen molar-refractivity contribution in [2.24, 2.45) is 0 Å². The second kappa shape index (κ2) is 6.55. The SMILES string of the molecule is CNC(C)c1cnc(CCCOC)nc1C. The van der Waals surface area contributed by atoms with Crippen molar-refractivity contribution in [2.75, 3.05) is 20.8 Å². The summed E-state index contributed by atoms with van der Waals surface area (Å²) < 4.78 is 5.01. The average molecular weight is 223 g/mol. The minimum Gasteiger partial charge on any atom is -0.385 e. The zero-order valence-corrected chi connectivity index (χ0v) is 10.6. The van der Waals surface area contributed by atoms with Gasteiger partial charge in [-0.3, -0.25) is 0 Å². The molecule has 0 spiro atoms. The molecule has 4 nitrogen and oxygen atoms in total. The molecule has 0 bridgehead atoms. The predicted molar refractivity (Wildman–Crippen MR) is 64.4 cm³/mol. The van der Waals surface area contributed by atoms with Gasteiger partial charge in [-0.15, -0.1) is 0 Å². The van der Waals surface area contributed by atoms with Crippen molar-refractivity contribution in [3.05, 3.63) is 23.3 Å². The van der Waals surface area contributed by atoms with Crippen LogP contribution in [0, 0.1) is 6.92 Å². The van der Waals surface area contributed by atoms with Gasteiger partial charge in [0, 0.05) is 43.6 Å². The summed E-state index contributed by atoms with van der Waals surface area (Å²) in [7, 11) is 3.65. The molecule has 0 aliphatic rings. The largest absolute Gasteiger partial charge is 0.385 e. The quantitative estimate of drug-likeness (QED) is 0.745. The summed E-state index contributed by atoms with van der Waals surface area (Å²) in [6.45, 7) is 4.90. The molecule has 0 fully saturated rings. The first kappa shape index (κ1) is 13.1. The Morgan fingerprint density at radius 3 is 2.81 bits per heavy atom. The van der Waals surface area contributed by atoms with Crippen molar-refractivity contribution in [1.82, 2.24) is 15.3 Å². The van der Waals surface area contributed by atoms with Crippen LogP contribution in [0.25, 0.3) is 0 Å². The van der Waals surface area contributed by atoms with Gasteiger partial charge in [0.15, 0.2) is 0 Å². The fraction of sp³-hybridized carbons (Fsp3) is 0.667. The summed E-state index contributed by atoms with van der Waals surface area (Å²) in [4.78, 5) is 8.88. The van der Waals surface area contributed by atoms with Crippen LogP contribution >= 0.6 is 0 Å². The molecule has 16 heavy (non-hydrogen) atoms. The highest BCUT2D eigenvalue weighted by Gasteiger charge is 2.08. The third kappa shape index (κ3) is 3.54. The third-order valence-electron chi connectivity index (χ3n) is 2.72. The Balaban J connectivity index is 2.67. The van der Waals surface area contributed by atoms with Gasteiger partial charge >= 0.3 is 0 Å². The molecule has 0 radical (unpaired) electrons. The molecule has 0 amide bonds. The van der Waals surface area contributed by atoms with E-state index < -0.39 is 0 Å². The third-order valence-corrected chi connectivity index (χ3v) is 2.72. The highest BCUT2D eigenvalue weighted by atomic mass is 16.5. The first-order valence-corrected chi connectivity index (χ1v) is 5.67. The maximum atomic E-state index is 5.01. The van der Waals surface area contributed by atoms with Gasteiger partial charge in [0.05, 0.1) is 0 Å². The molecule has 1 aromatic rings. The van der Waals surface area contributed by atoms with E-state index in [9.17, 15) is 0 Å². The topological polar surface area (TPSA) is 47.0 Å². The van der Waals surface area contributed by atoms with E-state index in [1.807, 2.05) is 20.2 Å². The van der Waals surface area contributed by atoms with Gasteiger partial charge in [0.1, 0.15) is 5.82 Å². The number of hydrogen-bond donors (Lipinski definition) is 1. The molecule has 0 aromatic carbocycles. The van der Waals surface area contributed by atoms with Crippen LogP contribution in [-0.2, 0) is 11.2 Å². The van der Waals surface area contributed by atoms with Crippen LogP contribution in [0.15, 0.2) is 6.20 Å². The minimum atomic E-state index is 0.299. The Kier molecular flexibility index (Phi) is 5.35. The monoisotopic (exact) mass is 223 g/mol. The van der Waals surface area contributed by atoms with Gasteiger partial charge in [-0.25, -0.2) is 9.97 Å². The van der Waals surface area contributed by atoms with E-state index in [-0.39, 0.29) is 0 Å². The summed E-state index contributed by atoms with van der Waals surface area (Å²) in [5, 5.41) is 3.19. The van der Waals surface area contributed by atoms with E-state index in [2.05, 4.69) is 22.2 Å². The molecule has 90 valence electrons. The van der Waals surface area contributed by atoms with Crippen LogP contribution < -0.4 is 5.32 Å². The Morgan fingerprint density at radius 1 is 1.50 bits per heavy atom. The van der Waals surface area contributed by atoms with E-state index in [1.54, 1.807) is 7.11 Å². The van der Waals surface area contributed by atoms with E-state index in [4.69, 9.17) is 4.74 Å². The number of ether oxygens (including phenoxy) is 1. The standard InChI is InChI=1S/C12H21N3O/c1-9(13-3)11-8-14-12(15-10(11)2)6-5-7-16-4/h8-9,13H,5-7H2,1-4H3. The summed E-state index contributed by atoms with van der Waals surface area (Å²) >= 11 is 0. The van der Waals surface area contributed by atoms with Crippen molar-refractivity contribution in [2.45, 2.75) is 32.7 Å². The molecule has 0 saturated heterocycles. The number of methoxy groups -OCH3 is 1. The highest BCUT2D eigenvalue weighted by Crippen LogP contribution is 2.14. The normalized spacial score (nSPS) is 12.8. The molecule has 0 saturated carbocycles. The number of aromatic nitrogens is 2. The smallest absolute Gasteiger partial charge is 0.128 e. The second-order valence-corrected chi connectivity index (χ2v) is 3.93. The van der Waals surface area contributed by atoms with E-state index in [0.29, 0.717) is 6.04 Å². The van der Waals surface area contributed by atoms with E-state index in [1.165, 1.54) is 0 Å². The molecule has 1 N–H and O–H groups in total. The van der Waals surface area contributed by atoms with Crippen molar-refractivity contribution >= 4 is 0 Å².